The second-order valence-electron chi connectivity index (χ2n) is 5.10. The monoisotopic (exact) mass is 267 g/mol. The zero-order valence-electron chi connectivity index (χ0n) is 10.6. The number of carbonyl (C=O) groups is 1. The van der Waals surface area contributed by atoms with Gasteiger partial charge in [0.05, 0.1) is 31.7 Å². The lowest BCUT2D eigenvalue weighted by atomic mass is 10.2. The number of nitrogens with zero attached hydrogens (tertiary/aromatic N) is 5. The first-order valence-corrected chi connectivity index (χ1v) is 6.55. The lowest BCUT2D eigenvalue weighted by Gasteiger charge is -2.31. The summed E-state index contributed by atoms with van der Waals surface area (Å²) in [5, 5.41) is 20.6. The molecule has 104 valence electrons. The van der Waals surface area contributed by atoms with Gasteiger partial charge in [-0.15, -0.1) is 5.10 Å². The standard InChI is InChI=1S/C11H17N5O3/c17-11(18)5-9-6-15(3-4-19-9)7-10-12-13-14-16(10)8-1-2-8/h8-9H,1-7H2,(H,17,18). The number of rotatable bonds is 5. The smallest absolute Gasteiger partial charge is 0.306 e. The minimum atomic E-state index is -0.824. The van der Waals surface area contributed by atoms with E-state index in [0.717, 1.165) is 25.2 Å². The second kappa shape index (κ2) is 5.22. The largest absolute Gasteiger partial charge is 0.481 e. The molecular weight excluding hydrogens is 250 g/mol. The van der Waals surface area contributed by atoms with Crippen molar-refractivity contribution in [2.45, 2.75) is 38.0 Å². The van der Waals surface area contributed by atoms with Gasteiger partial charge >= 0.3 is 5.97 Å². The first-order valence-electron chi connectivity index (χ1n) is 6.55. The van der Waals surface area contributed by atoms with Crippen LogP contribution in [0.2, 0.25) is 0 Å². The normalized spacial score (nSPS) is 24.5. The van der Waals surface area contributed by atoms with Crippen molar-refractivity contribution in [3.8, 4) is 0 Å². The summed E-state index contributed by atoms with van der Waals surface area (Å²) in [6, 6.07) is 0.459. The Morgan fingerprint density at radius 2 is 2.32 bits per heavy atom. The SMILES string of the molecule is O=C(O)CC1CN(Cc2nnnn2C2CC2)CCO1. The van der Waals surface area contributed by atoms with E-state index in [2.05, 4.69) is 20.4 Å². The number of tetrazole rings is 1. The Balaban J connectivity index is 1.59. The number of carboxylic acids is 1. The number of hydrogen-bond donors (Lipinski definition) is 1. The molecule has 0 amide bonds. The van der Waals surface area contributed by atoms with Crippen molar-refractivity contribution >= 4 is 5.97 Å². The van der Waals surface area contributed by atoms with Gasteiger partial charge in [-0.3, -0.25) is 9.69 Å². The van der Waals surface area contributed by atoms with Gasteiger partial charge in [0.2, 0.25) is 0 Å². The molecule has 1 aliphatic carbocycles. The maximum absolute atomic E-state index is 10.7. The van der Waals surface area contributed by atoms with Gasteiger partial charge in [-0.05, 0) is 23.3 Å². The molecular formula is C11H17N5O3. The van der Waals surface area contributed by atoms with Gasteiger partial charge in [-0.1, -0.05) is 0 Å². The first kappa shape index (κ1) is 12.5. The van der Waals surface area contributed by atoms with Crippen LogP contribution >= 0.6 is 0 Å². The number of ether oxygens (including phenoxy) is 1. The Morgan fingerprint density at radius 1 is 1.47 bits per heavy atom. The predicted molar refractivity (Wildman–Crippen MR) is 63.4 cm³/mol. The summed E-state index contributed by atoms with van der Waals surface area (Å²) in [6.45, 7) is 2.61. The van der Waals surface area contributed by atoms with Crippen molar-refractivity contribution in [2.24, 2.45) is 0 Å². The molecule has 3 rings (SSSR count). The summed E-state index contributed by atoms with van der Waals surface area (Å²) >= 11 is 0. The lowest BCUT2D eigenvalue weighted by molar-refractivity contribution is -0.142. The summed E-state index contributed by atoms with van der Waals surface area (Å²) in [7, 11) is 0. The molecule has 0 radical (unpaired) electrons. The average Bonchev–Trinajstić information content (AvgIpc) is 3.10. The second-order valence-corrected chi connectivity index (χ2v) is 5.10. The number of carboxylic acid groups (broad SMARTS) is 1. The van der Waals surface area contributed by atoms with E-state index in [0.29, 0.717) is 25.7 Å². The fourth-order valence-electron chi connectivity index (χ4n) is 2.36. The molecule has 2 fully saturated rings. The summed E-state index contributed by atoms with van der Waals surface area (Å²) < 4.78 is 7.34. The molecule has 1 N–H and O–H groups in total. The van der Waals surface area contributed by atoms with E-state index in [-0.39, 0.29) is 12.5 Å². The van der Waals surface area contributed by atoms with Crippen molar-refractivity contribution in [1.82, 2.24) is 25.1 Å². The molecule has 1 atom stereocenters. The van der Waals surface area contributed by atoms with Crippen molar-refractivity contribution in [3.63, 3.8) is 0 Å². The third-order valence-electron chi connectivity index (χ3n) is 3.44. The molecule has 8 nitrogen and oxygen atoms in total. The first-order chi connectivity index (χ1) is 9.22. The Morgan fingerprint density at radius 3 is 3.05 bits per heavy atom. The molecule has 2 heterocycles. The number of hydrogen-bond acceptors (Lipinski definition) is 6. The van der Waals surface area contributed by atoms with E-state index in [1.807, 2.05) is 4.68 Å². The van der Waals surface area contributed by atoms with Crippen molar-refractivity contribution in [3.05, 3.63) is 5.82 Å². The van der Waals surface area contributed by atoms with Crippen molar-refractivity contribution in [2.75, 3.05) is 19.7 Å². The molecule has 1 aromatic heterocycles. The van der Waals surface area contributed by atoms with Crippen LogP contribution in [-0.2, 0) is 16.1 Å². The molecule has 0 aromatic carbocycles. The van der Waals surface area contributed by atoms with E-state index < -0.39 is 5.97 Å². The third kappa shape index (κ3) is 3.07. The highest BCUT2D eigenvalue weighted by Gasteiger charge is 2.29. The van der Waals surface area contributed by atoms with Crippen LogP contribution in [-0.4, -0.2) is 62.0 Å². The van der Waals surface area contributed by atoms with Crippen LogP contribution in [0.25, 0.3) is 0 Å². The van der Waals surface area contributed by atoms with Crippen LogP contribution < -0.4 is 0 Å². The van der Waals surface area contributed by atoms with Gasteiger partial charge in [-0.25, -0.2) is 4.68 Å². The van der Waals surface area contributed by atoms with Gasteiger partial charge in [0.1, 0.15) is 0 Å². The molecule has 0 spiro atoms. The minimum Gasteiger partial charge on any atom is -0.481 e. The highest BCUT2D eigenvalue weighted by molar-refractivity contribution is 5.67. The molecule has 1 saturated carbocycles. The molecule has 1 saturated heterocycles. The maximum Gasteiger partial charge on any atom is 0.306 e. The van der Waals surface area contributed by atoms with E-state index in [1.165, 1.54) is 0 Å². The van der Waals surface area contributed by atoms with Crippen LogP contribution in [0.1, 0.15) is 31.1 Å². The van der Waals surface area contributed by atoms with Crippen LogP contribution in [0.5, 0.6) is 0 Å². The van der Waals surface area contributed by atoms with Crippen molar-refractivity contribution < 1.29 is 14.6 Å². The van der Waals surface area contributed by atoms with E-state index in [9.17, 15) is 4.79 Å². The molecule has 2 aliphatic rings. The highest BCUT2D eigenvalue weighted by Crippen LogP contribution is 2.34. The van der Waals surface area contributed by atoms with Gasteiger partial charge < -0.3 is 9.84 Å². The molecule has 1 aromatic rings. The van der Waals surface area contributed by atoms with Gasteiger partial charge in [-0.2, -0.15) is 0 Å². The van der Waals surface area contributed by atoms with Crippen LogP contribution in [0.15, 0.2) is 0 Å². The minimum absolute atomic E-state index is 0.0457. The summed E-state index contributed by atoms with van der Waals surface area (Å²) in [6.07, 6.45) is 2.09. The number of aromatic nitrogens is 4. The molecule has 1 unspecified atom stereocenters. The van der Waals surface area contributed by atoms with Crippen LogP contribution in [0.3, 0.4) is 0 Å². The van der Waals surface area contributed by atoms with E-state index >= 15 is 0 Å². The summed E-state index contributed by atoms with van der Waals surface area (Å²) in [4.78, 5) is 12.9. The maximum atomic E-state index is 10.7. The zero-order chi connectivity index (χ0) is 13.2. The van der Waals surface area contributed by atoms with E-state index in [4.69, 9.17) is 9.84 Å². The Hall–Kier alpha value is -1.54. The number of morpholine rings is 1. The van der Waals surface area contributed by atoms with Gasteiger partial charge in [0, 0.05) is 13.1 Å². The molecule has 0 bridgehead atoms. The van der Waals surface area contributed by atoms with Crippen molar-refractivity contribution in [1.29, 1.82) is 0 Å². The Labute approximate surface area is 110 Å². The zero-order valence-corrected chi connectivity index (χ0v) is 10.6. The average molecular weight is 267 g/mol. The fourth-order valence-corrected chi connectivity index (χ4v) is 2.36. The number of aliphatic carboxylic acids is 1. The fraction of sp³-hybridized carbons (Fsp3) is 0.818. The van der Waals surface area contributed by atoms with Gasteiger partial charge in [0.15, 0.2) is 5.82 Å². The summed E-state index contributed by atoms with van der Waals surface area (Å²) in [5.74, 6) is 0.0353. The summed E-state index contributed by atoms with van der Waals surface area (Å²) in [5.41, 5.74) is 0. The Kier molecular flexibility index (Phi) is 3.43. The van der Waals surface area contributed by atoms with Crippen LogP contribution in [0, 0.1) is 0 Å². The third-order valence-corrected chi connectivity index (χ3v) is 3.44. The quantitative estimate of drug-likeness (QED) is 0.781. The van der Waals surface area contributed by atoms with Crippen LogP contribution in [0.4, 0.5) is 0 Å². The lowest BCUT2D eigenvalue weighted by Crippen LogP contribution is -2.43. The van der Waals surface area contributed by atoms with E-state index in [1.54, 1.807) is 0 Å². The predicted octanol–water partition coefficient (Wildman–Crippen LogP) is -0.317. The molecule has 8 heteroatoms. The topological polar surface area (TPSA) is 93.4 Å². The molecule has 1 aliphatic heterocycles. The highest BCUT2D eigenvalue weighted by atomic mass is 16.5. The Bertz CT molecular complexity index is 459. The van der Waals surface area contributed by atoms with Gasteiger partial charge in [0.25, 0.3) is 0 Å². The molecule has 19 heavy (non-hydrogen) atoms.